The van der Waals surface area contributed by atoms with Crippen molar-refractivity contribution in [2.24, 2.45) is 0 Å². The quantitative estimate of drug-likeness (QED) is 0.752. The molecule has 1 atom stereocenters. The monoisotopic (exact) mass is 418 g/mol. The average molecular weight is 419 g/mol. The molecule has 1 heterocycles. The molecule has 156 valence electrons. The molecule has 0 unspecified atom stereocenters. The molecule has 0 aliphatic carbocycles. The third kappa shape index (κ3) is 4.60. The molecule has 1 aliphatic rings. The molecule has 1 fully saturated rings. The Labute approximate surface area is 171 Å². The third-order valence-electron chi connectivity index (χ3n) is 5.12. The summed E-state index contributed by atoms with van der Waals surface area (Å²) in [4.78, 5) is 12.7. The molecule has 29 heavy (non-hydrogen) atoms. The molecule has 7 nitrogen and oxygen atoms in total. The predicted molar refractivity (Wildman–Crippen MR) is 111 cm³/mol. The Morgan fingerprint density at radius 1 is 1.24 bits per heavy atom. The minimum Gasteiger partial charge on any atom is -0.495 e. The lowest BCUT2D eigenvalue weighted by Crippen LogP contribution is -2.42. The van der Waals surface area contributed by atoms with E-state index < -0.39 is 15.9 Å². The van der Waals surface area contributed by atoms with Gasteiger partial charge >= 0.3 is 0 Å². The van der Waals surface area contributed by atoms with Crippen LogP contribution in [-0.4, -0.2) is 43.4 Å². The molecule has 2 aromatic carbocycles. The van der Waals surface area contributed by atoms with E-state index in [1.165, 1.54) is 29.6 Å². The maximum Gasteiger partial charge on any atom is 0.255 e. The average Bonchev–Trinajstić information content (AvgIpc) is 2.73. The standard InChI is InChI=1S/C21H26N2O5S/c1-15-6-3-4-11-23(15)29(26,27)20-13-17(9-10-19(20)28-2)21(25)22-18-8-5-7-16(12-18)14-24/h5,7-10,12-13,15,24H,3-4,6,11,14H2,1-2H3,(H,22,25)/t15-/m1/s1. The summed E-state index contributed by atoms with van der Waals surface area (Å²) in [5, 5.41) is 12.0. The number of aliphatic hydroxyl groups excluding tert-OH is 1. The summed E-state index contributed by atoms with van der Waals surface area (Å²) in [6, 6.07) is 11.1. The van der Waals surface area contributed by atoms with Crippen molar-refractivity contribution in [2.75, 3.05) is 19.0 Å². The van der Waals surface area contributed by atoms with Gasteiger partial charge in [-0.05, 0) is 55.7 Å². The number of anilines is 1. The Balaban J connectivity index is 1.93. The fourth-order valence-electron chi connectivity index (χ4n) is 3.53. The number of nitrogens with one attached hydrogen (secondary N) is 1. The molecule has 1 saturated heterocycles. The number of piperidine rings is 1. The number of nitrogens with zero attached hydrogens (tertiary/aromatic N) is 1. The molecule has 3 rings (SSSR count). The van der Waals surface area contributed by atoms with E-state index in [1.807, 2.05) is 6.92 Å². The highest BCUT2D eigenvalue weighted by Gasteiger charge is 2.33. The van der Waals surface area contributed by atoms with Gasteiger partial charge in [0.15, 0.2) is 0 Å². The zero-order chi connectivity index (χ0) is 21.0. The van der Waals surface area contributed by atoms with E-state index in [1.54, 1.807) is 24.3 Å². The van der Waals surface area contributed by atoms with Crippen LogP contribution >= 0.6 is 0 Å². The Hall–Kier alpha value is -2.42. The van der Waals surface area contributed by atoms with Crippen molar-refractivity contribution in [1.82, 2.24) is 4.31 Å². The molecule has 1 amide bonds. The van der Waals surface area contributed by atoms with E-state index in [-0.39, 0.29) is 28.9 Å². The zero-order valence-electron chi connectivity index (χ0n) is 16.6. The van der Waals surface area contributed by atoms with Gasteiger partial charge in [0.2, 0.25) is 10.0 Å². The van der Waals surface area contributed by atoms with E-state index in [0.29, 0.717) is 17.8 Å². The zero-order valence-corrected chi connectivity index (χ0v) is 17.4. The van der Waals surface area contributed by atoms with Crippen molar-refractivity contribution in [3.8, 4) is 5.75 Å². The highest BCUT2D eigenvalue weighted by Crippen LogP contribution is 2.32. The molecular formula is C21H26N2O5S. The van der Waals surface area contributed by atoms with Gasteiger partial charge in [0.05, 0.1) is 13.7 Å². The molecule has 1 aliphatic heterocycles. The second-order valence-electron chi connectivity index (χ2n) is 7.14. The molecule has 0 radical (unpaired) electrons. The molecule has 0 spiro atoms. The molecule has 0 aromatic heterocycles. The maximum atomic E-state index is 13.3. The Morgan fingerprint density at radius 2 is 2.03 bits per heavy atom. The van der Waals surface area contributed by atoms with E-state index in [9.17, 15) is 18.3 Å². The molecular weight excluding hydrogens is 392 g/mol. The van der Waals surface area contributed by atoms with Crippen LogP contribution in [0.4, 0.5) is 5.69 Å². The Bertz CT molecular complexity index is 990. The largest absolute Gasteiger partial charge is 0.495 e. The first-order chi connectivity index (χ1) is 13.9. The first-order valence-electron chi connectivity index (χ1n) is 9.58. The van der Waals surface area contributed by atoms with Crippen LogP contribution in [0.1, 0.15) is 42.1 Å². The van der Waals surface area contributed by atoms with E-state index in [0.717, 1.165) is 19.3 Å². The van der Waals surface area contributed by atoms with Crippen molar-refractivity contribution in [1.29, 1.82) is 0 Å². The molecule has 0 bridgehead atoms. The van der Waals surface area contributed by atoms with Crippen LogP contribution in [-0.2, 0) is 16.6 Å². The van der Waals surface area contributed by atoms with Crippen LogP contribution in [0.5, 0.6) is 5.75 Å². The van der Waals surface area contributed by atoms with Gasteiger partial charge in [-0.25, -0.2) is 8.42 Å². The number of methoxy groups -OCH3 is 1. The lowest BCUT2D eigenvalue weighted by Gasteiger charge is -2.32. The summed E-state index contributed by atoms with van der Waals surface area (Å²) in [6.07, 6.45) is 2.62. The topological polar surface area (TPSA) is 95.9 Å². The van der Waals surface area contributed by atoms with Crippen molar-refractivity contribution in [3.05, 3.63) is 53.6 Å². The van der Waals surface area contributed by atoms with Crippen molar-refractivity contribution in [2.45, 2.75) is 43.7 Å². The van der Waals surface area contributed by atoms with Gasteiger partial charge in [0, 0.05) is 23.8 Å². The lowest BCUT2D eigenvalue weighted by atomic mass is 10.1. The van der Waals surface area contributed by atoms with Gasteiger partial charge < -0.3 is 15.2 Å². The highest BCUT2D eigenvalue weighted by atomic mass is 32.2. The fourth-order valence-corrected chi connectivity index (χ4v) is 5.41. The number of carbonyl (C=O) groups excluding carboxylic acids is 1. The van der Waals surface area contributed by atoms with Gasteiger partial charge in [-0.1, -0.05) is 18.6 Å². The molecule has 8 heteroatoms. The second kappa shape index (κ2) is 8.94. The van der Waals surface area contributed by atoms with Crippen LogP contribution in [0, 0.1) is 0 Å². The summed E-state index contributed by atoms with van der Waals surface area (Å²) in [5.74, 6) is -0.229. The van der Waals surface area contributed by atoms with Crippen molar-refractivity contribution in [3.63, 3.8) is 0 Å². The number of hydrogen-bond donors (Lipinski definition) is 2. The molecule has 2 N–H and O–H groups in total. The van der Waals surface area contributed by atoms with E-state index in [4.69, 9.17) is 4.74 Å². The minimum absolute atomic E-state index is 0.00879. The van der Waals surface area contributed by atoms with E-state index >= 15 is 0 Å². The van der Waals surface area contributed by atoms with Gasteiger partial charge in [0.25, 0.3) is 5.91 Å². The van der Waals surface area contributed by atoms with Crippen LogP contribution in [0.15, 0.2) is 47.4 Å². The smallest absolute Gasteiger partial charge is 0.255 e. The van der Waals surface area contributed by atoms with Crippen LogP contribution in [0.25, 0.3) is 0 Å². The number of sulfonamides is 1. The molecule has 2 aromatic rings. The van der Waals surface area contributed by atoms with Gasteiger partial charge in [-0.15, -0.1) is 0 Å². The first-order valence-corrected chi connectivity index (χ1v) is 11.0. The van der Waals surface area contributed by atoms with E-state index in [2.05, 4.69) is 5.32 Å². The van der Waals surface area contributed by atoms with Crippen LogP contribution in [0.3, 0.4) is 0 Å². The maximum absolute atomic E-state index is 13.3. The third-order valence-corrected chi connectivity index (χ3v) is 7.16. The minimum atomic E-state index is -3.80. The summed E-state index contributed by atoms with van der Waals surface area (Å²) in [7, 11) is -2.39. The van der Waals surface area contributed by atoms with Crippen molar-refractivity contribution < 1.29 is 23.1 Å². The number of aliphatic hydroxyl groups is 1. The Kier molecular flexibility index (Phi) is 6.56. The number of benzene rings is 2. The number of rotatable bonds is 6. The molecule has 0 saturated carbocycles. The van der Waals surface area contributed by atoms with Gasteiger partial charge in [0.1, 0.15) is 10.6 Å². The summed E-state index contributed by atoms with van der Waals surface area (Å²) >= 11 is 0. The fraction of sp³-hybridized carbons (Fsp3) is 0.381. The highest BCUT2D eigenvalue weighted by molar-refractivity contribution is 7.89. The Morgan fingerprint density at radius 3 is 2.72 bits per heavy atom. The SMILES string of the molecule is COc1ccc(C(=O)Nc2cccc(CO)c2)cc1S(=O)(=O)N1CCCC[C@H]1C. The number of carbonyl (C=O) groups is 1. The second-order valence-corrected chi connectivity index (χ2v) is 9.00. The first kappa shape index (κ1) is 21.3. The normalized spacial score (nSPS) is 17.7. The van der Waals surface area contributed by atoms with Crippen LogP contribution in [0.2, 0.25) is 0 Å². The predicted octanol–water partition coefficient (Wildman–Crippen LogP) is 3.00. The van der Waals surface area contributed by atoms with Gasteiger partial charge in [-0.3, -0.25) is 4.79 Å². The summed E-state index contributed by atoms with van der Waals surface area (Å²) in [5.41, 5.74) is 1.40. The number of hydrogen-bond acceptors (Lipinski definition) is 5. The van der Waals surface area contributed by atoms with Gasteiger partial charge in [-0.2, -0.15) is 4.31 Å². The van der Waals surface area contributed by atoms with Crippen LogP contribution < -0.4 is 10.1 Å². The number of ether oxygens (including phenoxy) is 1. The van der Waals surface area contributed by atoms with Crippen molar-refractivity contribution >= 4 is 21.6 Å². The summed E-state index contributed by atoms with van der Waals surface area (Å²) < 4.78 is 33.3. The lowest BCUT2D eigenvalue weighted by molar-refractivity contribution is 0.102. The summed E-state index contributed by atoms with van der Waals surface area (Å²) in [6.45, 7) is 2.22. The number of amides is 1.